The number of hydrogen-bond donors (Lipinski definition) is 4. The quantitative estimate of drug-likeness (QED) is 0.0206. The maximum atomic E-state index is 12.8. The summed E-state index contributed by atoms with van der Waals surface area (Å²) in [6.07, 6.45) is 37.7. The third-order valence-corrected chi connectivity index (χ3v) is 10.2. The molecule has 0 aromatic carbocycles. The Labute approximate surface area is 360 Å². The van der Waals surface area contributed by atoms with Crippen molar-refractivity contribution in [3.8, 4) is 0 Å². The fourth-order valence-electron chi connectivity index (χ4n) is 6.03. The van der Waals surface area contributed by atoms with Gasteiger partial charge in [0.15, 0.2) is 12.4 Å². The molecule has 0 spiro atoms. The van der Waals surface area contributed by atoms with Crippen molar-refractivity contribution >= 4 is 22.1 Å². The zero-order chi connectivity index (χ0) is 44.1. The summed E-state index contributed by atoms with van der Waals surface area (Å²) in [6, 6.07) is 0. The van der Waals surface area contributed by atoms with Gasteiger partial charge in [-0.1, -0.05) is 131 Å². The monoisotopic (exact) mass is 865 g/mol. The van der Waals surface area contributed by atoms with Crippen molar-refractivity contribution in [3.05, 3.63) is 85.1 Å². The van der Waals surface area contributed by atoms with Gasteiger partial charge < -0.3 is 34.3 Å². The summed E-state index contributed by atoms with van der Waals surface area (Å²) in [4.78, 5) is 25.4. The van der Waals surface area contributed by atoms with E-state index in [1.807, 2.05) is 0 Å². The topological polar surface area (TPSA) is 186 Å². The van der Waals surface area contributed by atoms with Crippen LogP contribution in [0.5, 0.6) is 0 Å². The van der Waals surface area contributed by atoms with E-state index in [4.69, 9.17) is 18.9 Å². The molecule has 2 unspecified atom stereocenters. The zero-order valence-electron chi connectivity index (χ0n) is 36.3. The van der Waals surface area contributed by atoms with Gasteiger partial charge in [0.05, 0.1) is 6.61 Å². The van der Waals surface area contributed by atoms with Gasteiger partial charge >= 0.3 is 11.9 Å². The van der Waals surface area contributed by atoms with Crippen LogP contribution < -0.4 is 0 Å². The molecule has 1 saturated heterocycles. The van der Waals surface area contributed by atoms with E-state index in [2.05, 4.69) is 98.9 Å². The highest BCUT2D eigenvalue weighted by molar-refractivity contribution is 7.85. The molecule has 1 heterocycles. The Bertz CT molecular complexity index is 1430. The number of esters is 2. The van der Waals surface area contributed by atoms with Gasteiger partial charge in [0.25, 0.3) is 10.1 Å². The molecule has 4 N–H and O–H groups in total. The minimum atomic E-state index is -4.61. The molecule has 0 aromatic heterocycles. The van der Waals surface area contributed by atoms with Crippen LogP contribution in [0, 0.1) is 0 Å². The number of unbranched alkanes of at least 4 members (excludes halogenated alkanes) is 9. The lowest BCUT2D eigenvalue weighted by atomic mass is 10.00. The van der Waals surface area contributed by atoms with Crippen molar-refractivity contribution in [2.75, 3.05) is 19.0 Å². The number of hydrogen-bond acceptors (Lipinski definition) is 11. The Balaban J connectivity index is 2.51. The number of ether oxygens (including phenoxy) is 4. The summed E-state index contributed by atoms with van der Waals surface area (Å²) in [5.74, 6) is -2.06. The van der Waals surface area contributed by atoms with Crippen molar-refractivity contribution in [2.45, 2.75) is 179 Å². The summed E-state index contributed by atoms with van der Waals surface area (Å²) in [5, 5.41) is 30.9. The van der Waals surface area contributed by atoms with E-state index in [1.165, 1.54) is 6.42 Å². The Morgan fingerprint density at radius 2 is 1.05 bits per heavy atom. The van der Waals surface area contributed by atoms with Crippen LogP contribution in [0.15, 0.2) is 85.1 Å². The number of allylic oxidation sites excluding steroid dienone is 14. The molecular weight excluding hydrogens is 789 g/mol. The molecule has 0 bridgehead atoms. The summed E-state index contributed by atoms with van der Waals surface area (Å²) in [7, 11) is -4.61. The predicted octanol–water partition coefficient (Wildman–Crippen LogP) is 8.89. The van der Waals surface area contributed by atoms with Gasteiger partial charge in [0, 0.05) is 12.8 Å². The van der Waals surface area contributed by atoms with Crippen molar-refractivity contribution < 1.29 is 56.8 Å². The fraction of sp³-hybridized carbons (Fsp3) is 0.660. The Hall–Kier alpha value is -3.17. The summed E-state index contributed by atoms with van der Waals surface area (Å²) >= 11 is 0. The average Bonchev–Trinajstić information content (AvgIpc) is 3.21. The number of carbonyl (C=O) groups excluding carboxylic acids is 2. The summed E-state index contributed by atoms with van der Waals surface area (Å²) in [6.45, 7) is 3.52. The SMILES string of the molecule is CC/C=C/C/C=C/C/C=C/CCCCCCCC(=O)OC[C@H](CO[C@H]1O[C@H](CS(=O)(=O)O)[C@@H](O)C(O)C1O)OC(=O)CCCCC/C=C/C/C=C/C/C=C/C/C=C/CCC. The normalized spacial score (nSPS) is 20.9. The first-order valence-electron chi connectivity index (χ1n) is 22.1. The highest BCUT2D eigenvalue weighted by Crippen LogP contribution is 2.24. The van der Waals surface area contributed by atoms with E-state index >= 15 is 0 Å². The smallest absolute Gasteiger partial charge is 0.306 e. The maximum Gasteiger partial charge on any atom is 0.306 e. The molecule has 342 valence electrons. The van der Waals surface area contributed by atoms with E-state index in [9.17, 15) is 37.9 Å². The lowest BCUT2D eigenvalue weighted by Crippen LogP contribution is -2.60. The van der Waals surface area contributed by atoms with Crippen LogP contribution in [0.2, 0.25) is 0 Å². The molecule has 1 rings (SSSR count). The van der Waals surface area contributed by atoms with Crippen LogP contribution in [0.4, 0.5) is 0 Å². The van der Waals surface area contributed by atoms with Gasteiger partial charge in [-0.05, 0) is 83.5 Å². The first kappa shape index (κ1) is 54.8. The van der Waals surface area contributed by atoms with Crippen molar-refractivity contribution in [1.82, 2.24) is 0 Å². The van der Waals surface area contributed by atoms with E-state index in [-0.39, 0.29) is 19.4 Å². The zero-order valence-corrected chi connectivity index (χ0v) is 37.1. The third-order valence-electron chi connectivity index (χ3n) is 9.44. The van der Waals surface area contributed by atoms with E-state index in [0.717, 1.165) is 96.3 Å². The second-order valence-corrected chi connectivity index (χ2v) is 16.5. The molecule has 0 amide bonds. The molecule has 0 aliphatic carbocycles. The van der Waals surface area contributed by atoms with Crippen LogP contribution in [-0.2, 0) is 38.7 Å². The molecule has 1 aliphatic heterocycles. The van der Waals surface area contributed by atoms with E-state index in [0.29, 0.717) is 12.8 Å². The highest BCUT2D eigenvalue weighted by atomic mass is 32.2. The van der Waals surface area contributed by atoms with Crippen LogP contribution in [-0.4, -0.2) is 96.0 Å². The van der Waals surface area contributed by atoms with Gasteiger partial charge in [-0.25, -0.2) is 0 Å². The van der Waals surface area contributed by atoms with Gasteiger partial charge in [0.1, 0.15) is 36.8 Å². The molecule has 1 fully saturated rings. The molecule has 0 radical (unpaired) electrons. The van der Waals surface area contributed by atoms with E-state index < -0.39 is 71.2 Å². The second-order valence-electron chi connectivity index (χ2n) is 15.0. The molecule has 0 saturated carbocycles. The average molecular weight is 865 g/mol. The third kappa shape index (κ3) is 30.8. The second kappa shape index (κ2) is 36.5. The largest absolute Gasteiger partial charge is 0.462 e. The van der Waals surface area contributed by atoms with Gasteiger partial charge in [-0.2, -0.15) is 8.42 Å². The summed E-state index contributed by atoms with van der Waals surface area (Å²) in [5.41, 5.74) is 0. The number of aliphatic hydroxyl groups excluding tert-OH is 3. The first-order chi connectivity index (χ1) is 29.0. The molecule has 1 aliphatic rings. The molecule has 60 heavy (non-hydrogen) atoms. The number of carbonyl (C=O) groups is 2. The standard InChI is InChI=1S/C47H76O12S/c1-3-5-7-9-11-13-15-17-19-20-22-24-26-28-30-32-34-36-43(49)58-40(38-57-47-46(52)45(51)44(50)41(59-47)39-60(53,54)55)37-56-42(48)35-33-31-29-27-25-23-21-18-16-14-12-10-8-6-4-2/h6-9,12-15,18-21,24,26,40-41,44-47,50-52H,3-5,10-11,16-17,22-23,25,27-39H2,1-2H3,(H,53,54,55)/b8-6+,9-7+,14-12+,15-13+,20-19+,21-18+,26-24+/t40-,41-,44-,45?,46?,47+/m1/s1. The van der Waals surface area contributed by atoms with Crippen LogP contribution >= 0.6 is 0 Å². The molecule has 12 nitrogen and oxygen atoms in total. The highest BCUT2D eigenvalue weighted by Gasteiger charge is 2.46. The van der Waals surface area contributed by atoms with Gasteiger partial charge in [0.2, 0.25) is 0 Å². The Morgan fingerprint density at radius 3 is 1.58 bits per heavy atom. The number of aliphatic hydroxyl groups is 3. The number of rotatable bonds is 35. The van der Waals surface area contributed by atoms with Crippen molar-refractivity contribution in [2.24, 2.45) is 0 Å². The maximum absolute atomic E-state index is 12.8. The predicted molar refractivity (Wildman–Crippen MR) is 238 cm³/mol. The molecular formula is C47H76O12S. The van der Waals surface area contributed by atoms with Gasteiger partial charge in [-0.15, -0.1) is 0 Å². The van der Waals surface area contributed by atoms with Crippen LogP contribution in [0.25, 0.3) is 0 Å². The van der Waals surface area contributed by atoms with Crippen LogP contribution in [0.1, 0.15) is 142 Å². The molecule has 6 atom stereocenters. The van der Waals surface area contributed by atoms with Gasteiger partial charge in [-0.3, -0.25) is 14.1 Å². The summed E-state index contributed by atoms with van der Waals surface area (Å²) < 4.78 is 54.0. The lowest BCUT2D eigenvalue weighted by molar-refractivity contribution is -0.297. The van der Waals surface area contributed by atoms with Crippen LogP contribution in [0.3, 0.4) is 0 Å². The van der Waals surface area contributed by atoms with E-state index in [1.54, 1.807) is 0 Å². The minimum absolute atomic E-state index is 0.118. The fourth-order valence-corrected chi connectivity index (χ4v) is 6.72. The molecule has 13 heteroatoms. The van der Waals surface area contributed by atoms with Crippen molar-refractivity contribution in [1.29, 1.82) is 0 Å². The Kier molecular flexibility index (Phi) is 33.3. The van der Waals surface area contributed by atoms with Crippen molar-refractivity contribution in [3.63, 3.8) is 0 Å². The minimum Gasteiger partial charge on any atom is -0.462 e. The lowest BCUT2D eigenvalue weighted by Gasteiger charge is -2.40. The Morgan fingerprint density at radius 1 is 0.583 bits per heavy atom. The first-order valence-corrected chi connectivity index (χ1v) is 23.8. The molecule has 0 aromatic rings.